The summed E-state index contributed by atoms with van der Waals surface area (Å²) >= 11 is 0. The van der Waals surface area contributed by atoms with Gasteiger partial charge in [0.1, 0.15) is 0 Å². The Morgan fingerprint density at radius 1 is 1.15 bits per heavy atom. The summed E-state index contributed by atoms with van der Waals surface area (Å²) in [6.45, 7) is 6.68. The summed E-state index contributed by atoms with van der Waals surface area (Å²) in [5.74, 6) is -1.26. The largest absolute Gasteiger partial charge is 0.449 e. The molecule has 1 atom stereocenters. The Bertz CT molecular complexity index is 876. The van der Waals surface area contributed by atoms with Crippen molar-refractivity contribution in [1.82, 2.24) is 0 Å². The van der Waals surface area contributed by atoms with Crippen LogP contribution in [0.25, 0.3) is 0 Å². The maximum absolute atomic E-state index is 12.3. The fraction of sp³-hybridized carbons (Fsp3) is 0.263. The highest BCUT2D eigenvalue weighted by molar-refractivity contribution is 5.98. The summed E-state index contributed by atoms with van der Waals surface area (Å²) in [7, 11) is 0. The topological polar surface area (TPSA) is 98.5 Å². The van der Waals surface area contributed by atoms with E-state index in [4.69, 9.17) is 4.74 Å². The summed E-state index contributed by atoms with van der Waals surface area (Å²) < 4.78 is 5.18. The van der Waals surface area contributed by atoms with Crippen LogP contribution in [0.5, 0.6) is 0 Å². The summed E-state index contributed by atoms with van der Waals surface area (Å²) in [4.78, 5) is 35.0. The van der Waals surface area contributed by atoms with Gasteiger partial charge in [-0.25, -0.2) is 4.79 Å². The number of nitro benzene ring substituents is 1. The lowest BCUT2D eigenvalue weighted by atomic mass is 10.1. The van der Waals surface area contributed by atoms with Gasteiger partial charge in [-0.15, -0.1) is 0 Å². The van der Waals surface area contributed by atoms with Crippen LogP contribution in [-0.4, -0.2) is 22.9 Å². The van der Waals surface area contributed by atoms with Gasteiger partial charge in [-0.05, 0) is 51.0 Å². The number of carbonyl (C=O) groups excluding carboxylic acids is 2. The molecule has 0 saturated heterocycles. The number of rotatable bonds is 5. The van der Waals surface area contributed by atoms with Crippen molar-refractivity contribution in [2.45, 2.75) is 33.8 Å². The molecule has 0 aliphatic rings. The lowest BCUT2D eigenvalue weighted by Gasteiger charge is -2.15. The Morgan fingerprint density at radius 2 is 1.85 bits per heavy atom. The van der Waals surface area contributed by atoms with Gasteiger partial charge in [-0.1, -0.05) is 18.2 Å². The summed E-state index contributed by atoms with van der Waals surface area (Å²) in [5, 5.41) is 13.7. The molecule has 7 heteroatoms. The minimum absolute atomic E-state index is 0.0607. The van der Waals surface area contributed by atoms with Crippen LogP contribution in [0.3, 0.4) is 0 Å². The van der Waals surface area contributed by atoms with Crippen molar-refractivity contribution >= 4 is 23.3 Å². The molecule has 0 aliphatic heterocycles. The monoisotopic (exact) mass is 356 g/mol. The number of hydrogen-bond donors (Lipinski definition) is 1. The Kier molecular flexibility index (Phi) is 5.71. The van der Waals surface area contributed by atoms with Crippen LogP contribution in [0.15, 0.2) is 36.4 Å². The molecule has 1 amide bonds. The van der Waals surface area contributed by atoms with Gasteiger partial charge in [0.05, 0.1) is 10.5 Å². The van der Waals surface area contributed by atoms with Crippen molar-refractivity contribution in [2.24, 2.45) is 0 Å². The van der Waals surface area contributed by atoms with Crippen molar-refractivity contribution < 1.29 is 19.2 Å². The highest BCUT2D eigenvalue weighted by Crippen LogP contribution is 2.22. The molecule has 0 saturated carbocycles. The van der Waals surface area contributed by atoms with E-state index in [0.29, 0.717) is 5.69 Å². The molecule has 1 unspecified atom stereocenters. The smallest absolute Gasteiger partial charge is 0.339 e. The number of nitrogens with zero attached hydrogens (tertiary/aromatic N) is 1. The van der Waals surface area contributed by atoms with Gasteiger partial charge in [0, 0.05) is 17.3 Å². The Labute approximate surface area is 151 Å². The number of anilines is 1. The average molecular weight is 356 g/mol. The molecule has 7 nitrogen and oxygen atoms in total. The molecule has 2 aromatic rings. The summed E-state index contributed by atoms with van der Waals surface area (Å²) in [6, 6.07) is 9.78. The minimum Gasteiger partial charge on any atom is -0.449 e. The molecule has 2 rings (SSSR count). The number of nitro groups is 1. The molecule has 0 spiro atoms. The highest BCUT2D eigenvalue weighted by Gasteiger charge is 2.23. The van der Waals surface area contributed by atoms with E-state index in [1.54, 1.807) is 0 Å². The molecule has 26 heavy (non-hydrogen) atoms. The maximum Gasteiger partial charge on any atom is 0.339 e. The molecule has 0 fully saturated rings. The standard InChI is InChI=1S/C19H20N2O5/c1-11-8-9-12(2)16(10-11)20-18(22)14(4)26-19(23)15-6-5-7-17(13(15)3)21(24)25/h5-10,14H,1-4H3,(H,20,22). The second-order valence-corrected chi connectivity index (χ2v) is 6.06. The van der Waals surface area contributed by atoms with Crippen molar-refractivity contribution in [3.05, 3.63) is 68.8 Å². The number of esters is 1. The Morgan fingerprint density at radius 3 is 2.50 bits per heavy atom. The first-order chi connectivity index (χ1) is 12.2. The molecule has 0 heterocycles. The molecule has 1 N–H and O–H groups in total. The predicted molar refractivity (Wildman–Crippen MR) is 97.3 cm³/mol. The van der Waals surface area contributed by atoms with Gasteiger partial charge in [-0.2, -0.15) is 0 Å². The number of ether oxygens (including phenoxy) is 1. The van der Waals surface area contributed by atoms with Crippen molar-refractivity contribution in [1.29, 1.82) is 0 Å². The van der Waals surface area contributed by atoms with Gasteiger partial charge in [0.25, 0.3) is 11.6 Å². The number of amides is 1. The predicted octanol–water partition coefficient (Wildman–Crippen LogP) is 3.70. The number of carbonyl (C=O) groups is 2. The van der Waals surface area contributed by atoms with E-state index in [1.807, 2.05) is 32.0 Å². The molecule has 0 radical (unpaired) electrons. The van der Waals surface area contributed by atoms with Gasteiger partial charge in [0.15, 0.2) is 6.10 Å². The summed E-state index contributed by atoms with van der Waals surface area (Å²) in [5.41, 5.74) is 2.60. The van der Waals surface area contributed by atoms with Gasteiger partial charge >= 0.3 is 5.97 Å². The maximum atomic E-state index is 12.3. The van der Waals surface area contributed by atoms with Crippen LogP contribution in [-0.2, 0) is 9.53 Å². The molecule has 136 valence electrons. The van der Waals surface area contributed by atoms with E-state index < -0.39 is 22.9 Å². The highest BCUT2D eigenvalue weighted by atomic mass is 16.6. The fourth-order valence-electron chi connectivity index (χ4n) is 2.42. The van der Waals surface area contributed by atoms with Crippen LogP contribution in [0, 0.1) is 30.9 Å². The van der Waals surface area contributed by atoms with E-state index in [-0.39, 0.29) is 16.8 Å². The van der Waals surface area contributed by atoms with Gasteiger partial charge in [0.2, 0.25) is 0 Å². The van der Waals surface area contributed by atoms with E-state index in [2.05, 4.69) is 5.32 Å². The second kappa shape index (κ2) is 7.77. The molecular weight excluding hydrogens is 336 g/mol. The zero-order valence-electron chi connectivity index (χ0n) is 15.0. The van der Waals surface area contributed by atoms with Crippen molar-refractivity contribution in [2.75, 3.05) is 5.32 Å². The third-order valence-corrected chi connectivity index (χ3v) is 4.03. The second-order valence-electron chi connectivity index (χ2n) is 6.06. The first kappa shape index (κ1) is 19.1. The van der Waals surface area contributed by atoms with Gasteiger partial charge < -0.3 is 10.1 Å². The Balaban J connectivity index is 2.12. The lowest BCUT2D eigenvalue weighted by Crippen LogP contribution is -2.30. The molecule has 0 bridgehead atoms. The van der Waals surface area contributed by atoms with Crippen LogP contribution in [0.2, 0.25) is 0 Å². The molecule has 2 aromatic carbocycles. The first-order valence-corrected chi connectivity index (χ1v) is 8.03. The first-order valence-electron chi connectivity index (χ1n) is 8.03. The van der Waals surface area contributed by atoms with Gasteiger partial charge in [-0.3, -0.25) is 14.9 Å². The molecule has 0 aromatic heterocycles. The Hall–Kier alpha value is -3.22. The van der Waals surface area contributed by atoms with E-state index in [0.717, 1.165) is 11.1 Å². The zero-order valence-corrected chi connectivity index (χ0v) is 15.0. The quantitative estimate of drug-likeness (QED) is 0.500. The van der Waals surface area contributed by atoms with E-state index >= 15 is 0 Å². The SMILES string of the molecule is Cc1ccc(C)c(NC(=O)C(C)OC(=O)c2cccc([N+](=O)[O-])c2C)c1. The van der Waals surface area contributed by atoms with Crippen molar-refractivity contribution in [3.63, 3.8) is 0 Å². The number of aryl methyl sites for hydroxylation is 2. The summed E-state index contributed by atoms with van der Waals surface area (Å²) in [6.07, 6.45) is -1.05. The molecule has 0 aliphatic carbocycles. The van der Waals surface area contributed by atoms with Crippen molar-refractivity contribution in [3.8, 4) is 0 Å². The normalized spacial score (nSPS) is 11.5. The third kappa shape index (κ3) is 4.24. The molecular formula is C19H20N2O5. The average Bonchev–Trinajstić information content (AvgIpc) is 2.57. The number of hydrogen-bond acceptors (Lipinski definition) is 5. The number of nitrogens with one attached hydrogen (secondary N) is 1. The van der Waals surface area contributed by atoms with E-state index in [1.165, 1.54) is 32.0 Å². The van der Waals surface area contributed by atoms with Crippen LogP contribution in [0.1, 0.15) is 34.0 Å². The van der Waals surface area contributed by atoms with Crippen LogP contribution >= 0.6 is 0 Å². The fourth-order valence-corrected chi connectivity index (χ4v) is 2.42. The van der Waals surface area contributed by atoms with Crippen LogP contribution < -0.4 is 5.32 Å². The zero-order chi connectivity index (χ0) is 19.4. The minimum atomic E-state index is -1.05. The third-order valence-electron chi connectivity index (χ3n) is 4.03. The van der Waals surface area contributed by atoms with Crippen LogP contribution in [0.4, 0.5) is 11.4 Å². The number of benzene rings is 2. The van der Waals surface area contributed by atoms with E-state index in [9.17, 15) is 19.7 Å². The lowest BCUT2D eigenvalue weighted by molar-refractivity contribution is -0.385.